The Morgan fingerprint density at radius 1 is 0.721 bits per heavy atom. The van der Waals surface area contributed by atoms with Crippen molar-refractivity contribution in [2.45, 2.75) is 79.3 Å². The van der Waals surface area contributed by atoms with Crippen LogP contribution in [0.2, 0.25) is 6.82 Å². The Labute approximate surface area is 400 Å². The summed E-state index contributed by atoms with van der Waals surface area (Å²) in [6, 6.07) is 38.3. The van der Waals surface area contributed by atoms with Crippen LogP contribution in [0.5, 0.6) is 11.5 Å². The lowest BCUT2D eigenvalue weighted by molar-refractivity contribution is -0.129. The Balaban J connectivity index is 0.000000205. The maximum Gasteiger partial charge on any atom is 0.376 e. The number of rotatable bonds is 11. The van der Waals surface area contributed by atoms with Crippen LogP contribution in [-0.4, -0.2) is 84.9 Å². The van der Waals surface area contributed by atoms with E-state index in [1.165, 1.54) is 17.7 Å². The first-order valence-corrected chi connectivity index (χ1v) is 22.3. The van der Waals surface area contributed by atoms with Gasteiger partial charge in [0.05, 0.1) is 16.8 Å². The lowest BCUT2D eigenvalue weighted by Crippen LogP contribution is -2.42. The number of nitrogens with zero attached hydrogens (tertiary/aromatic N) is 5. The summed E-state index contributed by atoms with van der Waals surface area (Å²) in [5.74, 6) is 2.81. The number of aromatic nitrogens is 4. The number of carboxylic acids is 1. The van der Waals surface area contributed by atoms with E-state index < -0.39 is 5.97 Å². The van der Waals surface area contributed by atoms with Gasteiger partial charge in [-0.25, -0.2) is 19.7 Å². The molecule has 68 heavy (non-hydrogen) atoms. The van der Waals surface area contributed by atoms with E-state index in [0.717, 1.165) is 91.2 Å². The molecule has 2 saturated heterocycles. The number of carbonyl (C=O) groups excluding carboxylic acids is 1. The summed E-state index contributed by atoms with van der Waals surface area (Å²) < 4.78 is 11.4. The van der Waals surface area contributed by atoms with Crippen LogP contribution in [0.15, 0.2) is 134 Å². The summed E-state index contributed by atoms with van der Waals surface area (Å²) >= 11 is 0. The third-order valence-corrected chi connectivity index (χ3v) is 12.0. The Bertz CT molecular complexity index is 2630. The number of aromatic carboxylic acids is 1. The molecule has 3 aromatic heterocycles. The van der Waals surface area contributed by atoms with Crippen molar-refractivity contribution >= 4 is 41.6 Å². The van der Waals surface area contributed by atoms with E-state index in [9.17, 15) is 14.6 Å². The van der Waals surface area contributed by atoms with Gasteiger partial charge in [0.15, 0.2) is 5.65 Å². The Kier molecular flexibility index (Phi) is 19.1. The zero-order valence-electron chi connectivity index (χ0n) is 37.4. The summed E-state index contributed by atoms with van der Waals surface area (Å²) in [6.07, 6.45) is 7.73. The molecule has 7 aromatic rings. The molecule has 0 bridgehead atoms. The van der Waals surface area contributed by atoms with Crippen molar-refractivity contribution < 1.29 is 29.2 Å². The highest BCUT2D eigenvalue weighted by molar-refractivity contribution is 6.45. The van der Waals surface area contributed by atoms with Crippen LogP contribution in [0, 0.1) is 0 Å². The van der Waals surface area contributed by atoms with E-state index in [2.05, 4.69) is 42.9 Å². The molecule has 4 aromatic carbocycles. The van der Waals surface area contributed by atoms with Crippen LogP contribution in [0.1, 0.15) is 91.9 Å². The second kappa shape index (κ2) is 25.1. The van der Waals surface area contributed by atoms with Gasteiger partial charge in [0.25, 0.3) is 0 Å². The number of piperidine rings is 2. The highest BCUT2D eigenvalue weighted by Crippen LogP contribution is 2.31. The highest BCUT2D eigenvalue weighted by Gasteiger charge is 2.26. The molecule has 2 aliphatic rings. The van der Waals surface area contributed by atoms with Gasteiger partial charge < -0.3 is 45.8 Å². The van der Waals surface area contributed by atoms with Gasteiger partial charge in [-0.1, -0.05) is 75.5 Å². The number of carbonyl (C=O) groups is 2. The number of pyridine rings is 2. The number of ether oxygens (including phenoxy) is 2. The molecule has 0 atom stereocenters. The summed E-state index contributed by atoms with van der Waals surface area (Å²) in [4.78, 5) is 43.0. The standard InChI is InChI=1S/C26H26N4O2.C14H12O3.C11H19BN4O.2CH4/c1-18(31)30-13-11-20(12-14-30)22-15-24-26(27-16-22)29-25(28-24)21-7-9-23(10-8-21)32-17-19-5-3-2-4-6-19;15-14(16)12-6-8-13(9-7-12)17-10-11-4-2-1-3-5-11;1-12(17)16-4-2-8(3-5-16)9-6-10(13)11(14)15-7-9;;/h2-10,15-16,20H,11-14,17H2,1H3,(H,27,28,29);1-9H,10H2,(H,15,16);6-8,17H,2-5,13H2,1H3,(H2,14,15);2*1H4. The van der Waals surface area contributed by atoms with Gasteiger partial charge in [0, 0.05) is 38.0 Å². The fraction of sp³-hybridized carbons (Fsp3) is 0.302. The third kappa shape index (κ3) is 14.4. The molecule has 2 fully saturated rings. The molecule has 0 unspecified atom stereocenters. The molecule has 0 spiro atoms. The van der Waals surface area contributed by atoms with Crippen molar-refractivity contribution in [3.8, 4) is 22.9 Å². The molecule has 15 heteroatoms. The number of anilines is 2. The molecule has 0 saturated carbocycles. The van der Waals surface area contributed by atoms with Gasteiger partial charge in [-0.15, -0.1) is 0 Å². The lowest BCUT2D eigenvalue weighted by Gasteiger charge is -2.32. The lowest BCUT2D eigenvalue weighted by atomic mass is 9.79. The highest BCUT2D eigenvalue weighted by atomic mass is 16.5. The minimum atomic E-state index is -0.931. The number of hydrogen-bond donors (Lipinski definition) is 5. The fourth-order valence-electron chi connectivity index (χ4n) is 8.03. The molecule has 14 nitrogen and oxygen atoms in total. The Morgan fingerprint density at radius 2 is 1.22 bits per heavy atom. The maximum atomic E-state index is 11.6. The molecule has 0 radical (unpaired) electrons. The summed E-state index contributed by atoms with van der Waals surface area (Å²) in [5, 5.41) is 18.2. The van der Waals surface area contributed by atoms with Crippen molar-refractivity contribution in [3.63, 3.8) is 0 Å². The first kappa shape index (κ1) is 51.8. The first-order valence-electron chi connectivity index (χ1n) is 22.3. The van der Waals surface area contributed by atoms with Crippen molar-refractivity contribution in [2.24, 2.45) is 0 Å². The molecule has 7 N–H and O–H groups in total. The predicted octanol–water partition coefficient (Wildman–Crippen LogP) is 9.70. The van der Waals surface area contributed by atoms with E-state index >= 15 is 0 Å². The Hall–Kier alpha value is -7.23. The number of fused-ring (bicyclic) bond motifs is 1. The normalized spacial score (nSPS) is 13.9. The van der Waals surface area contributed by atoms with Crippen LogP contribution in [-0.2, 0) is 18.0 Å². The SMILES string of the molecule is C.C.CB(O)N1CCC(c2cnc(N)c(N)c2)CC1.CC(=O)N1CCC(c2cnc3nc(-c4ccc(OCc5ccccc5)cc4)[nH]c3c2)CC1.O=C(O)c1ccc(OCc2ccccc2)cc1. The predicted molar refractivity (Wildman–Crippen MR) is 272 cm³/mol. The molecule has 2 aliphatic heterocycles. The van der Waals surface area contributed by atoms with E-state index in [1.807, 2.05) is 103 Å². The van der Waals surface area contributed by atoms with Crippen LogP contribution in [0.25, 0.3) is 22.6 Å². The van der Waals surface area contributed by atoms with E-state index in [-0.39, 0.29) is 33.4 Å². The minimum absolute atomic E-state index is 0. The van der Waals surface area contributed by atoms with Crippen molar-refractivity contribution in [1.29, 1.82) is 0 Å². The van der Waals surface area contributed by atoms with Crippen molar-refractivity contribution in [1.82, 2.24) is 29.6 Å². The van der Waals surface area contributed by atoms with Gasteiger partial charge >= 0.3 is 13.0 Å². The second-order valence-corrected chi connectivity index (χ2v) is 16.6. The first-order chi connectivity index (χ1) is 32.0. The smallest absolute Gasteiger partial charge is 0.376 e. The molecule has 356 valence electrons. The van der Waals surface area contributed by atoms with E-state index in [1.54, 1.807) is 19.1 Å². The average Bonchev–Trinajstić information content (AvgIpc) is 3.79. The molecule has 1 amide bonds. The van der Waals surface area contributed by atoms with Crippen LogP contribution in [0.3, 0.4) is 0 Å². The minimum Gasteiger partial charge on any atom is -0.489 e. The van der Waals surface area contributed by atoms with E-state index in [0.29, 0.717) is 48.0 Å². The van der Waals surface area contributed by atoms with Crippen molar-refractivity contribution in [2.75, 3.05) is 37.6 Å². The van der Waals surface area contributed by atoms with Gasteiger partial charge in [0.2, 0.25) is 5.91 Å². The molecule has 5 heterocycles. The second-order valence-electron chi connectivity index (χ2n) is 16.6. The monoisotopic (exact) mass is 921 g/mol. The quantitative estimate of drug-likeness (QED) is 0.0769. The van der Waals surface area contributed by atoms with Crippen molar-refractivity contribution in [3.05, 3.63) is 162 Å². The number of benzene rings is 4. The van der Waals surface area contributed by atoms with E-state index in [4.69, 9.17) is 26.0 Å². The average molecular weight is 921 g/mol. The topological polar surface area (TPSA) is 206 Å². The number of hydrogen-bond acceptors (Lipinski definition) is 11. The zero-order chi connectivity index (χ0) is 46.4. The summed E-state index contributed by atoms with van der Waals surface area (Å²) in [7, 11) is -0.356. The number of imidazole rings is 1. The van der Waals surface area contributed by atoms with Gasteiger partial charge in [-0.3, -0.25) is 4.79 Å². The van der Waals surface area contributed by atoms with Crippen LogP contribution in [0.4, 0.5) is 11.5 Å². The van der Waals surface area contributed by atoms with Gasteiger partial charge in [-0.05, 0) is 140 Å². The number of amides is 1. The number of nitrogens with two attached hydrogens (primary N) is 2. The van der Waals surface area contributed by atoms with Gasteiger partial charge in [-0.2, -0.15) is 0 Å². The summed E-state index contributed by atoms with van der Waals surface area (Å²) in [5.41, 5.74) is 19.4. The number of carboxylic acid groups (broad SMARTS) is 1. The third-order valence-electron chi connectivity index (χ3n) is 12.0. The Morgan fingerprint density at radius 3 is 1.72 bits per heavy atom. The van der Waals surface area contributed by atoms with Crippen LogP contribution >= 0.6 is 0 Å². The largest absolute Gasteiger partial charge is 0.489 e. The number of nitrogen functional groups attached to an aromatic ring is 2. The maximum absolute atomic E-state index is 11.6. The molecular formula is C53H65BN8O6. The molecule has 0 aliphatic carbocycles. The fourth-order valence-corrected chi connectivity index (χ4v) is 8.03. The number of aromatic amines is 1. The molecular weight excluding hydrogens is 855 g/mol. The van der Waals surface area contributed by atoms with Crippen LogP contribution < -0.4 is 20.9 Å². The zero-order valence-corrected chi connectivity index (χ0v) is 37.4. The molecule has 9 rings (SSSR count). The van der Waals surface area contributed by atoms with Gasteiger partial charge in [0.1, 0.15) is 36.4 Å². The number of nitrogens with one attached hydrogen (secondary N) is 1. The number of H-pyrrole nitrogens is 1. The summed E-state index contributed by atoms with van der Waals surface area (Å²) in [6.45, 7) is 7.91. The number of likely N-dealkylation sites (tertiary alicyclic amines) is 1.